The van der Waals surface area contributed by atoms with E-state index in [1.807, 2.05) is 0 Å². The first kappa shape index (κ1) is 16.0. The summed E-state index contributed by atoms with van der Waals surface area (Å²) in [7, 11) is 0. The zero-order chi connectivity index (χ0) is 15.6. The van der Waals surface area contributed by atoms with E-state index < -0.39 is 29.3 Å². The first-order valence-corrected chi connectivity index (χ1v) is 7.06. The summed E-state index contributed by atoms with van der Waals surface area (Å²) in [5.74, 6) is -3.95. The third kappa shape index (κ3) is 3.44. The van der Waals surface area contributed by atoms with E-state index in [0.717, 1.165) is 6.07 Å². The lowest BCUT2D eigenvalue weighted by atomic mass is 9.97. The van der Waals surface area contributed by atoms with Crippen molar-refractivity contribution in [3.05, 3.63) is 69.2 Å². The van der Waals surface area contributed by atoms with E-state index in [9.17, 15) is 17.6 Å². The summed E-state index contributed by atoms with van der Waals surface area (Å²) < 4.78 is 54.9. The normalized spacial score (nSPS) is 12.5. The molecule has 2 aromatic carbocycles. The molecule has 0 bridgehead atoms. The maximum Gasteiger partial charge on any atom is 0.161 e. The third-order valence-electron chi connectivity index (χ3n) is 3.03. The summed E-state index contributed by atoms with van der Waals surface area (Å²) in [5.41, 5.74) is 0.0157. The zero-order valence-corrected chi connectivity index (χ0v) is 12.6. The van der Waals surface area contributed by atoms with Gasteiger partial charge in [0.15, 0.2) is 11.6 Å². The number of nitrogens with one attached hydrogen (secondary N) is 1. The molecule has 1 N–H and O–H groups in total. The first-order valence-electron chi connectivity index (χ1n) is 6.26. The molecule has 2 aromatic rings. The topological polar surface area (TPSA) is 12.0 Å². The second-order valence-electron chi connectivity index (χ2n) is 4.44. The lowest BCUT2D eigenvalue weighted by Crippen LogP contribution is -2.24. The second-order valence-corrected chi connectivity index (χ2v) is 5.36. The molecule has 112 valence electrons. The van der Waals surface area contributed by atoms with Crippen LogP contribution in [0, 0.1) is 23.3 Å². The standard InChI is InChI=1S/C15H12BrF4N/c1-2-21-15(9-4-3-8(16)5-11(9)17)10-6-13(19)14(20)7-12(10)18/h3-7,15,21H,2H2,1H3. The van der Waals surface area contributed by atoms with Gasteiger partial charge in [0.05, 0.1) is 6.04 Å². The number of benzene rings is 2. The molecule has 0 aliphatic rings. The molecule has 0 aromatic heterocycles. The van der Waals surface area contributed by atoms with Gasteiger partial charge in [-0.25, -0.2) is 17.6 Å². The van der Waals surface area contributed by atoms with Crippen LogP contribution in [0.1, 0.15) is 24.1 Å². The average molecular weight is 362 g/mol. The molecule has 21 heavy (non-hydrogen) atoms. The first-order chi connectivity index (χ1) is 9.93. The minimum atomic E-state index is -1.28. The quantitative estimate of drug-likeness (QED) is 0.614. The fraction of sp³-hybridized carbons (Fsp3) is 0.200. The van der Waals surface area contributed by atoms with Crippen molar-refractivity contribution in [2.45, 2.75) is 13.0 Å². The minimum Gasteiger partial charge on any atom is -0.306 e. The monoisotopic (exact) mass is 361 g/mol. The largest absolute Gasteiger partial charge is 0.306 e. The zero-order valence-electron chi connectivity index (χ0n) is 11.1. The van der Waals surface area contributed by atoms with Crippen molar-refractivity contribution in [1.82, 2.24) is 5.32 Å². The maximum absolute atomic E-state index is 14.1. The average Bonchev–Trinajstić information content (AvgIpc) is 2.41. The van der Waals surface area contributed by atoms with E-state index in [0.29, 0.717) is 17.1 Å². The Kier molecular flexibility index (Phi) is 5.00. The molecule has 0 aliphatic heterocycles. The van der Waals surface area contributed by atoms with Crippen molar-refractivity contribution >= 4 is 15.9 Å². The van der Waals surface area contributed by atoms with Crippen molar-refractivity contribution in [3.63, 3.8) is 0 Å². The van der Waals surface area contributed by atoms with E-state index in [-0.39, 0.29) is 11.1 Å². The molecule has 0 aliphatic carbocycles. The van der Waals surface area contributed by atoms with Crippen molar-refractivity contribution < 1.29 is 17.6 Å². The predicted octanol–water partition coefficient (Wildman–Crippen LogP) is 4.70. The Morgan fingerprint density at radius 3 is 2.14 bits per heavy atom. The highest BCUT2D eigenvalue weighted by Gasteiger charge is 2.22. The predicted molar refractivity (Wildman–Crippen MR) is 75.9 cm³/mol. The van der Waals surface area contributed by atoms with Crippen LogP contribution in [-0.4, -0.2) is 6.54 Å². The van der Waals surface area contributed by atoms with Crippen molar-refractivity contribution in [2.75, 3.05) is 6.54 Å². The van der Waals surface area contributed by atoms with Gasteiger partial charge in [-0.1, -0.05) is 28.9 Å². The molecule has 0 fully saturated rings. The van der Waals surface area contributed by atoms with E-state index >= 15 is 0 Å². The molecule has 1 nitrogen and oxygen atoms in total. The Balaban J connectivity index is 2.55. The maximum atomic E-state index is 14.1. The van der Waals surface area contributed by atoms with E-state index in [1.54, 1.807) is 13.0 Å². The molecule has 1 atom stereocenters. The van der Waals surface area contributed by atoms with Crippen LogP contribution in [0.3, 0.4) is 0 Å². The molecular weight excluding hydrogens is 350 g/mol. The summed E-state index contributed by atoms with van der Waals surface area (Å²) in [5, 5.41) is 2.88. The van der Waals surface area contributed by atoms with Gasteiger partial charge in [0.25, 0.3) is 0 Å². The van der Waals surface area contributed by atoms with Gasteiger partial charge >= 0.3 is 0 Å². The summed E-state index contributed by atoms with van der Waals surface area (Å²) >= 11 is 3.13. The van der Waals surface area contributed by atoms with Gasteiger partial charge in [-0.2, -0.15) is 0 Å². The van der Waals surface area contributed by atoms with Crippen LogP contribution < -0.4 is 5.32 Å². The van der Waals surface area contributed by atoms with Gasteiger partial charge in [-0.15, -0.1) is 0 Å². The molecular formula is C15H12BrF4N. The van der Waals surface area contributed by atoms with Crippen LogP contribution in [0.4, 0.5) is 17.6 Å². The number of halogens is 5. The smallest absolute Gasteiger partial charge is 0.161 e. The second kappa shape index (κ2) is 6.58. The molecule has 0 saturated carbocycles. The lowest BCUT2D eigenvalue weighted by molar-refractivity contribution is 0.477. The summed E-state index contributed by atoms with van der Waals surface area (Å²) in [4.78, 5) is 0. The van der Waals surface area contributed by atoms with Crippen LogP contribution >= 0.6 is 15.9 Å². The van der Waals surface area contributed by atoms with Crippen LogP contribution in [0.15, 0.2) is 34.8 Å². The summed E-state index contributed by atoms with van der Waals surface area (Å²) in [6.45, 7) is 2.15. The van der Waals surface area contributed by atoms with Crippen molar-refractivity contribution in [3.8, 4) is 0 Å². The molecule has 1 unspecified atom stereocenters. The fourth-order valence-electron chi connectivity index (χ4n) is 2.09. The molecule has 0 amide bonds. The Bertz CT molecular complexity index is 660. The fourth-order valence-corrected chi connectivity index (χ4v) is 2.42. The Morgan fingerprint density at radius 1 is 0.905 bits per heavy atom. The Labute approximate surface area is 128 Å². The Morgan fingerprint density at radius 2 is 1.52 bits per heavy atom. The highest BCUT2D eigenvalue weighted by molar-refractivity contribution is 9.10. The van der Waals surface area contributed by atoms with Gasteiger partial charge in [0.2, 0.25) is 0 Å². The van der Waals surface area contributed by atoms with Crippen molar-refractivity contribution in [2.24, 2.45) is 0 Å². The lowest BCUT2D eigenvalue weighted by Gasteiger charge is -2.20. The van der Waals surface area contributed by atoms with Crippen LogP contribution in [0.25, 0.3) is 0 Å². The number of hydrogen-bond acceptors (Lipinski definition) is 1. The van der Waals surface area contributed by atoms with E-state index in [1.165, 1.54) is 12.1 Å². The van der Waals surface area contributed by atoms with Crippen molar-refractivity contribution in [1.29, 1.82) is 0 Å². The highest BCUT2D eigenvalue weighted by Crippen LogP contribution is 2.29. The van der Waals surface area contributed by atoms with Gasteiger partial charge in [0.1, 0.15) is 11.6 Å². The number of hydrogen-bond donors (Lipinski definition) is 1. The Hall–Kier alpha value is -1.40. The van der Waals surface area contributed by atoms with Crippen LogP contribution in [0.2, 0.25) is 0 Å². The van der Waals surface area contributed by atoms with E-state index in [4.69, 9.17) is 0 Å². The molecule has 0 spiro atoms. The number of rotatable bonds is 4. The SMILES string of the molecule is CCNC(c1ccc(Br)cc1F)c1cc(F)c(F)cc1F. The van der Waals surface area contributed by atoms with Crippen LogP contribution in [-0.2, 0) is 0 Å². The minimum absolute atomic E-state index is 0.142. The molecule has 2 rings (SSSR count). The molecule has 0 saturated heterocycles. The van der Waals surface area contributed by atoms with Gasteiger partial charge < -0.3 is 5.32 Å². The molecule has 0 heterocycles. The molecule has 0 radical (unpaired) electrons. The van der Waals surface area contributed by atoms with E-state index in [2.05, 4.69) is 21.2 Å². The van der Waals surface area contributed by atoms with Gasteiger partial charge in [0, 0.05) is 21.7 Å². The van der Waals surface area contributed by atoms with Crippen LogP contribution in [0.5, 0.6) is 0 Å². The summed E-state index contributed by atoms with van der Waals surface area (Å²) in [6.07, 6.45) is 0. The molecule has 6 heteroatoms. The van der Waals surface area contributed by atoms with Gasteiger partial charge in [-0.05, 0) is 24.7 Å². The van der Waals surface area contributed by atoms with Gasteiger partial charge in [-0.3, -0.25) is 0 Å². The highest BCUT2D eigenvalue weighted by atomic mass is 79.9. The third-order valence-corrected chi connectivity index (χ3v) is 3.53. The summed E-state index contributed by atoms with van der Waals surface area (Å²) in [6, 6.07) is 4.61.